The van der Waals surface area contributed by atoms with E-state index in [0.717, 1.165) is 6.07 Å². The number of amides is 1. The van der Waals surface area contributed by atoms with Crippen LogP contribution in [-0.4, -0.2) is 21.4 Å². The molecule has 30 heavy (non-hydrogen) atoms. The second kappa shape index (κ2) is 8.93. The SMILES string of the molecule is NC(=S)N/N=c1\cc(C(=O)Nc2ccc([NH+]([O-])O)cc2[NH+]([O-])O)oc2ccccc12. The Labute approximate surface area is 173 Å². The van der Waals surface area contributed by atoms with Gasteiger partial charge in [-0.15, -0.1) is 0 Å². The average molecular weight is 432 g/mol. The Kier molecular flexibility index (Phi) is 6.34. The molecule has 13 heteroatoms. The van der Waals surface area contributed by atoms with E-state index in [-0.39, 0.29) is 27.9 Å². The normalized spacial score (nSPS) is 13.7. The number of nitrogens with one attached hydrogen (secondary N) is 4. The number of fused-ring (bicyclic) bond motifs is 1. The number of para-hydroxylation sites is 1. The van der Waals surface area contributed by atoms with Crippen molar-refractivity contribution in [3.05, 3.63) is 70.1 Å². The summed E-state index contributed by atoms with van der Waals surface area (Å²) in [5.74, 6) is -0.936. The summed E-state index contributed by atoms with van der Waals surface area (Å²) in [5.41, 5.74) is 7.46. The molecule has 1 heterocycles. The molecule has 0 bridgehead atoms. The van der Waals surface area contributed by atoms with Crippen molar-refractivity contribution < 1.29 is 30.1 Å². The maximum Gasteiger partial charge on any atom is 0.291 e. The Morgan fingerprint density at radius 3 is 2.53 bits per heavy atom. The van der Waals surface area contributed by atoms with E-state index in [1.54, 1.807) is 24.3 Å². The number of nitrogens with two attached hydrogens (primary N) is 1. The summed E-state index contributed by atoms with van der Waals surface area (Å²) >= 11 is 4.73. The molecule has 1 amide bonds. The molecule has 0 fully saturated rings. The summed E-state index contributed by atoms with van der Waals surface area (Å²) < 4.78 is 5.60. The molecule has 2 unspecified atom stereocenters. The lowest BCUT2D eigenvalue weighted by molar-refractivity contribution is -0.996. The summed E-state index contributed by atoms with van der Waals surface area (Å²) in [6.45, 7) is 0. The predicted molar refractivity (Wildman–Crippen MR) is 108 cm³/mol. The van der Waals surface area contributed by atoms with Crippen LogP contribution < -0.4 is 32.3 Å². The van der Waals surface area contributed by atoms with Crippen LogP contribution in [0.2, 0.25) is 0 Å². The van der Waals surface area contributed by atoms with E-state index in [9.17, 15) is 20.4 Å². The molecular weight excluding hydrogens is 416 g/mol. The number of hydrogen-bond donors (Lipinski definition) is 7. The Balaban J connectivity index is 2.02. The lowest BCUT2D eigenvalue weighted by atomic mass is 10.2. The van der Waals surface area contributed by atoms with Crippen LogP contribution in [0, 0.1) is 10.4 Å². The smallest absolute Gasteiger partial charge is 0.291 e. The van der Waals surface area contributed by atoms with Gasteiger partial charge in [0.2, 0.25) is 0 Å². The zero-order chi connectivity index (χ0) is 21.8. The molecule has 2 atom stereocenters. The van der Waals surface area contributed by atoms with Crippen molar-refractivity contribution in [3.8, 4) is 0 Å². The molecule has 12 nitrogen and oxygen atoms in total. The average Bonchev–Trinajstić information content (AvgIpc) is 2.71. The van der Waals surface area contributed by atoms with Crippen LogP contribution in [0.4, 0.5) is 17.1 Å². The van der Waals surface area contributed by atoms with Crippen LogP contribution in [-0.2, 0) is 0 Å². The van der Waals surface area contributed by atoms with E-state index in [4.69, 9.17) is 27.6 Å². The summed E-state index contributed by atoms with van der Waals surface area (Å²) in [4.78, 5) is 12.7. The Morgan fingerprint density at radius 2 is 1.87 bits per heavy atom. The van der Waals surface area contributed by atoms with Crippen molar-refractivity contribution in [3.63, 3.8) is 0 Å². The van der Waals surface area contributed by atoms with Gasteiger partial charge in [0.25, 0.3) is 5.91 Å². The number of nitrogens with zero attached hydrogens (tertiary/aromatic N) is 1. The number of benzene rings is 2. The van der Waals surface area contributed by atoms with Crippen molar-refractivity contribution in [2.75, 3.05) is 5.32 Å². The van der Waals surface area contributed by atoms with E-state index in [0.29, 0.717) is 16.3 Å². The number of rotatable bonds is 5. The topological polar surface area (TPSA) is 188 Å². The Bertz CT molecular complexity index is 1180. The molecule has 156 valence electrons. The van der Waals surface area contributed by atoms with E-state index >= 15 is 0 Å². The first kappa shape index (κ1) is 21.3. The largest absolute Gasteiger partial charge is 0.595 e. The maximum absolute atomic E-state index is 12.7. The van der Waals surface area contributed by atoms with Gasteiger partial charge in [0, 0.05) is 17.5 Å². The van der Waals surface area contributed by atoms with Gasteiger partial charge in [-0.25, -0.2) is 10.4 Å². The molecule has 2 aromatic carbocycles. The molecule has 0 aliphatic carbocycles. The molecule has 3 aromatic rings. The first-order valence-electron chi connectivity index (χ1n) is 8.30. The number of hydrogen-bond acceptors (Lipinski definition) is 8. The lowest BCUT2D eigenvalue weighted by Gasteiger charge is -2.18. The second-order valence-electron chi connectivity index (χ2n) is 5.90. The number of carbonyl (C=O) groups is 1. The molecule has 8 N–H and O–H groups in total. The van der Waals surface area contributed by atoms with Gasteiger partial charge in [-0.3, -0.25) is 10.2 Å². The molecule has 0 spiro atoms. The van der Waals surface area contributed by atoms with Crippen LogP contribution in [0.3, 0.4) is 0 Å². The molecule has 0 aliphatic heterocycles. The number of thiocarbonyl (C=S) groups is 1. The monoisotopic (exact) mass is 432 g/mol. The molecular formula is C17H16N6O6S. The second-order valence-corrected chi connectivity index (χ2v) is 6.34. The van der Waals surface area contributed by atoms with Gasteiger partial charge in [-0.2, -0.15) is 15.6 Å². The van der Waals surface area contributed by atoms with Gasteiger partial charge in [0.05, 0.1) is 11.4 Å². The van der Waals surface area contributed by atoms with Crippen LogP contribution in [0.15, 0.2) is 58.0 Å². The van der Waals surface area contributed by atoms with Crippen molar-refractivity contribution in [1.82, 2.24) is 5.43 Å². The molecule has 0 saturated carbocycles. The van der Waals surface area contributed by atoms with Gasteiger partial charge in [0.15, 0.2) is 22.2 Å². The summed E-state index contributed by atoms with van der Waals surface area (Å²) in [7, 11) is 0. The third-order valence-electron chi connectivity index (χ3n) is 3.91. The highest BCUT2D eigenvalue weighted by Gasteiger charge is 2.18. The van der Waals surface area contributed by atoms with Crippen molar-refractivity contribution in [2.24, 2.45) is 10.8 Å². The standard InChI is InChI=1S/C17H16N6O6S/c18-17(30)21-20-12-8-15(29-14-4-2-1-3-10(12)14)16(24)19-11-6-5-9(22(25)26)7-13(11)23(27)28/h1-8,22-23,25,27H,(H,19,24)(H3,18,21,30)/b20-12+. The van der Waals surface area contributed by atoms with Gasteiger partial charge < -0.3 is 25.9 Å². The summed E-state index contributed by atoms with van der Waals surface area (Å²) in [6, 6.07) is 11.4. The number of quaternary nitrogens is 2. The molecule has 3 rings (SSSR count). The first-order valence-corrected chi connectivity index (χ1v) is 8.71. The fraction of sp³-hybridized carbons (Fsp3) is 0. The lowest BCUT2D eigenvalue weighted by Crippen LogP contribution is -3.00. The van der Waals surface area contributed by atoms with E-state index in [1.165, 1.54) is 18.2 Å². The third kappa shape index (κ3) is 4.76. The van der Waals surface area contributed by atoms with Gasteiger partial charge in [-0.05, 0) is 30.4 Å². The first-order chi connectivity index (χ1) is 14.3. The van der Waals surface area contributed by atoms with Crippen LogP contribution >= 0.6 is 12.2 Å². The minimum absolute atomic E-state index is 0.0736. The van der Waals surface area contributed by atoms with Crippen molar-refractivity contribution >= 4 is 51.3 Å². The minimum Gasteiger partial charge on any atom is -0.595 e. The quantitative estimate of drug-likeness (QED) is 0.199. The van der Waals surface area contributed by atoms with Crippen molar-refractivity contribution in [2.45, 2.75) is 0 Å². The zero-order valence-electron chi connectivity index (χ0n) is 15.1. The van der Waals surface area contributed by atoms with Crippen LogP contribution in [0.5, 0.6) is 0 Å². The Hall–Kier alpha value is -3.43. The zero-order valence-corrected chi connectivity index (χ0v) is 15.9. The fourth-order valence-corrected chi connectivity index (χ4v) is 2.63. The van der Waals surface area contributed by atoms with E-state index in [1.807, 2.05) is 0 Å². The molecule has 0 radical (unpaired) electrons. The number of carbonyl (C=O) groups excluding carboxylic acids is 1. The Morgan fingerprint density at radius 1 is 1.13 bits per heavy atom. The predicted octanol–water partition coefficient (Wildman–Crippen LogP) is -0.859. The summed E-state index contributed by atoms with van der Waals surface area (Å²) in [5, 5.41) is 45.5. The summed E-state index contributed by atoms with van der Waals surface area (Å²) in [6.07, 6.45) is 0. The highest BCUT2D eigenvalue weighted by atomic mass is 32.1. The highest BCUT2D eigenvalue weighted by Crippen LogP contribution is 2.22. The molecule has 1 aromatic heterocycles. The van der Waals surface area contributed by atoms with Crippen LogP contribution in [0.25, 0.3) is 11.0 Å². The fourth-order valence-electron chi connectivity index (χ4n) is 2.58. The van der Waals surface area contributed by atoms with Gasteiger partial charge in [-0.1, -0.05) is 12.1 Å². The molecule has 0 saturated heterocycles. The van der Waals surface area contributed by atoms with Crippen molar-refractivity contribution in [1.29, 1.82) is 0 Å². The third-order valence-corrected chi connectivity index (χ3v) is 4.00. The minimum atomic E-state index is -1.40. The van der Waals surface area contributed by atoms with Gasteiger partial charge in [0.1, 0.15) is 11.3 Å². The van der Waals surface area contributed by atoms with Crippen LogP contribution in [0.1, 0.15) is 10.6 Å². The number of anilines is 1. The molecule has 0 aliphatic rings. The van der Waals surface area contributed by atoms with E-state index < -0.39 is 16.4 Å². The van der Waals surface area contributed by atoms with E-state index in [2.05, 4.69) is 15.8 Å². The van der Waals surface area contributed by atoms with Gasteiger partial charge >= 0.3 is 0 Å². The maximum atomic E-state index is 12.7. The highest BCUT2D eigenvalue weighted by molar-refractivity contribution is 7.80.